The van der Waals surface area contributed by atoms with Crippen molar-refractivity contribution >= 4 is 17.8 Å². The second kappa shape index (κ2) is 7.90. The average molecular weight is 335 g/mol. The van der Waals surface area contributed by atoms with Crippen molar-refractivity contribution in [2.75, 3.05) is 6.61 Å². The van der Waals surface area contributed by atoms with Crippen LogP contribution in [0.1, 0.15) is 26.2 Å². The SMILES string of the molecule is CCCCOC(=O)[C@H](CC(=O)O)NC(=O)C(F)(F)C(F)(F)F. The van der Waals surface area contributed by atoms with Crippen LogP contribution in [0.25, 0.3) is 0 Å². The maximum atomic E-state index is 12.8. The molecule has 22 heavy (non-hydrogen) atoms. The van der Waals surface area contributed by atoms with Crippen LogP contribution in [0.5, 0.6) is 0 Å². The molecule has 0 aliphatic heterocycles. The average Bonchev–Trinajstić information content (AvgIpc) is 2.36. The minimum absolute atomic E-state index is 0.184. The Kier molecular flexibility index (Phi) is 7.20. The normalized spacial score (nSPS) is 13.4. The summed E-state index contributed by atoms with van der Waals surface area (Å²) in [7, 11) is 0. The molecule has 1 atom stereocenters. The van der Waals surface area contributed by atoms with Gasteiger partial charge in [0.25, 0.3) is 0 Å². The number of hydrogen-bond acceptors (Lipinski definition) is 4. The molecule has 0 aromatic rings. The van der Waals surface area contributed by atoms with Gasteiger partial charge in [0.2, 0.25) is 0 Å². The fraction of sp³-hybridized carbons (Fsp3) is 0.727. The van der Waals surface area contributed by atoms with Crippen molar-refractivity contribution in [2.24, 2.45) is 0 Å². The highest BCUT2D eigenvalue weighted by Gasteiger charge is 2.63. The van der Waals surface area contributed by atoms with E-state index in [0.717, 1.165) is 5.32 Å². The van der Waals surface area contributed by atoms with Gasteiger partial charge in [-0.1, -0.05) is 13.3 Å². The Balaban J connectivity index is 4.96. The van der Waals surface area contributed by atoms with E-state index < -0.39 is 42.4 Å². The number of alkyl halides is 5. The van der Waals surface area contributed by atoms with Crippen LogP contribution in [0, 0.1) is 0 Å². The molecular formula is C11H14F5NO5. The number of halogens is 5. The van der Waals surface area contributed by atoms with Crippen molar-refractivity contribution in [3.8, 4) is 0 Å². The van der Waals surface area contributed by atoms with Gasteiger partial charge in [-0.2, -0.15) is 22.0 Å². The Labute approximate surface area is 121 Å². The smallest absolute Gasteiger partial charge is 0.463 e. The maximum absolute atomic E-state index is 12.8. The van der Waals surface area contributed by atoms with Gasteiger partial charge in [0, 0.05) is 0 Å². The van der Waals surface area contributed by atoms with E-state index in [-0.39, 0.29) is 6.61 Å². The fourth-order valence-electron chi connectivity index (χ4n) is 1.16. The van der Waals surface area contributed by atoms with Gasteiger partial charge in [0.1, 0.15) is 6.04 Å². The molecule has 6 nitrogen and oxygen atoms in total. The fourth-order valence-corrected chi connectivity index (χ4v) is 1.16. The highest BCUT2D eigenvalue weighted by atomic mass is 19.4. The Hall–Kier alpha value is -1.94. The summed E-state index contributed by atoms with van der Waals surface area (Å²) in [5.41, 5.74) is 0. The molecule has 0 aromatic carbocycles. The Bertz CT molecular complexity index is 424. The molecule has 0 saturated carbocycles. The van der Waals surface area contributed by atoms with E-state index >= 15 is 0 Å². The minimum Gasteiger partial charge on any atom is -0.481 e. The van der Waals surface area contributed by atoms with E-state index in [1.54, 1.807) is 6.92 Å². The van der Waals surface area contributed by atoms with Crippen LogP contribution >= 0.6 is 0 Å². The topological polar surface area (TPSA) is 92.7 Å². The number of hydrogen-bond donors (Lipinski definition) is 2. The summed E-state index contributed by atoms with van der Waals surface area (Å²) in [4.78, 5) is 32.9. The predicted octanol–water partition coefficient (Wildman–Crippen LogP) is 1.49. The van der Waals surface area contributed by atoms with E-state index in [1.165, 1.54) is 0 Å². The molecule has 0 aliphatic carbocycles. The van der Waals surface area contributed by atoms with Gasteiger partial charge in [-0.05, 0) is 6.42 Å². The highest BCUT2D eigenvalue weighted by Crippen LogP contribution is 2.35. The number of carboxylic acids is 1. The molecule has 0 fully saturated rings. The lowest BCUT2D eigenvalue weighted by Crippen LogP contribution is -2.55. The van der Waals surface area contributed by atoms with Crippen molar-refractivity contribution in [2.45, 2.75) is 44.3 Å². The molecule has 0 rings (SSSR count). The van der Waals surface area contributed by atoms with E-state index in [1.807, 2.05) is 0 Å². The standard InChI is InChI=1S/C11H14F5NO5/c1-2-3-4-22-8(20)6(5-7(18)19)17-9(21)10(12,13)11(14,15)16/h6H,2-5H2,1H3,(H,17,21)(H,18,19)/t6-/m0/s1. The third-order valence-electron chi connectivity index (χ3n) is 2.35. The van der Waals surface area contributed by atoms with E-state index in [4.69, 9.17) is 5.11 Å². The molecule has 128 valence electrons. The first-order valence-electron chi connectivity index (χ1n) is 6.07. The van der Waals surface area contributed by atoms with Gasteiger partial charge in [0.05, 0.1) is 13.0 Å². The van der Waals surface area contributed by atoms with Gasteiger partial charge < -0.3 is 15.2 Å². The van der Waals surface area contributed by atoms with Crippen molar-refractivity contribution in [3.05, 3.63) is 0 Å². The molecule has 11 heteroatoms. The second-order valence-electron chi connectivity index (χ2n) is 4.22. The van der Waals surface area contributed by atoms with Gasteiger partial charge in [-0.3, -0.25) is 9.59 Å². The minimum atomic E-state index is -6.17. The molecule has 0 aliphatic rings. The molecule has 0 spiro atoms. The summed E-state index contributed by atoms with van der Waals surface area (Å²) in [5, 5.41) is 9.57. The van der Waals surface area contributed by atoms with Crippen LogP contribution in [0.15, 0.2) is 0 Å². The molecule has 0 saturated heterocycles. The molecule has 1 amide bonds. The number of nitrogens with one attached hydrogen (secondary N) is 1. The lowest BCUT2D eigenvalue weighted by molar-refractivity contribution is -0.270. The molecule has 0 bridgehead atoms. The van der Waals surface area contributed by atoms with E-state index in [9.17, 15) is 36.3 Å². The third kappa shape index (κ3) is 5.82. The number of unbranched alkanes of at least 4 members (excludes halogenated alkanes) is 1. The summed E-state index contributed by atoms with van der Waals surface area (Å²) in [6.07, 6.45) is -6.39. The zero-order valence-electron chi connectivity index (χ0n) is 11.4. The highest BCUT2D eigenvalue weighted by molar-refractivity contribution is 5.91. The monoisotopic (exact) mass is 335 g/mol. The number of carbonyl (C=O) groups is 3. The van der Waals surface area contributed by atoms with Crippen molar-refractivity contribution in [3.63, 3.8) is 0 Å². The summed E-state index contributed by atoms with van der Waals surface area (Å²) in [6.45, 7) is 1.55. The zero-order valence-corrected chi connectivity index (χ0v) is 11.4. The summed E-state index contributed by atoms with van der Waals surface area (Å²) < 4.78 is 66.0. The van der Waals surface area contributed by atoms with Crippen molar-refractivity contribution in [1.29, 1.82) is 0 Å². The van der Waals surface area contributed by atoms with Gasteiger partial charge in [-0.15, -0.1) is 0 Å². The van der Waals surface area contributed by atoms with Crippen LogP contribution in [-0.4, -0.2) is 47.7 Å². The number of carboxylic acid groups (broad SMARTS) is 1. The number of carbonyl (C=O) groups excluding carboxylic acids is 2. The summed E-state index contributed by atoms with van der Waals surface area (Å²) in [6, 6.07) is -2.14. The Morgan fingerprint density at radius 2 is 1.73 bits per heavy atom. The van der Waals surface area contributed by atoms with Crippen molar-refractivity contribution < 1.29 is 46.2 Å². The molecule has 0 radical (unpaired) electrons. The molecule has 0 heterocycles. The van der Waals surface area contributed by atoms with Crippen LogP contribution < -0.4 is 5.32 Å². The first kappa shape index (κ1) is 20.1. The number of esters is 1. The maximum Gasteiger partial charge on any atom is 0.463 e. The van der Waals surface area contributed by atoms with Gasteiger partial charge in [0.15, 0.2) is 0 Å². The Morgan fingerprint density at radius 1 is 1.18 bits per heavy atom. The molecule has 2 N–H and O–H groups in total. The van der Waals surface area contributed by atoms with E-state index in [2.05, 4.69) is 4.74 Å². The largest absolute Gasteiger partial charge is 0.481 e. The summed E-state index contributed by atoms with van der Waals surface area (Å²) in [5.74, 6) is -11.7. The number of rotatable bonds is 8. The first-order valence-corrected chi connectivity index (χ1v) is 6.07. The van der Waals surface area contributed by atoms with Gasteiger partial charge >= 0.3 is 29.9 Å². The lowest BCUT2D eigenvalue weighted by Gasteiger charge is -2.22. The van der Waals surface area contributed by atoms with Crippen molar-refractivity contribution in [1.82, 2.24) is 5.32 Å². The number of ether oxygens (including phenoxy) is 1. The Morgan fingerprint density at radius 3 is 2.14 bits per heavy atom. The quantitative estimate of drug-likeness (QED) is 0.398. The van der Waals surface area contributed by atoms with Crippen LogP contribution in [-0.2, 0) is 19.1 Å². The summed E-state index contributed by atoms with van der Waals surface area (Å²) >= 11 is 0. The molecule has 0 unspecified atom stereocenters. The second-order valence-corrected chi connectivity index (χ2v) is 4.22. The van der Waals surface area contributed by atoms with Crippen LogP contribution in [0.4, 0.5) is 22.0 Å². The molecule has 0 aromatic heterocycles. The molecular weight excluding hydrogens is 321 g/mol. The van der Waals surface area contributed by atoms with Gasteiger partial charge in [-0.25, -0.2) is 4.79 Å². The lowest BCUT2D eigenvalue weighted by atomic mass is 10.2. The van der Waals surface area contributed by atoms with Crippen LogP contribution in [0.3, 0.4) is 0 Å². The third-order valence-corrected chi connectivity index (χ3v) is 2.35. The van der Waals surface area contributed by atoms with E-state index in [0.29, 0.717) is 12.8 Å². The first-order chi connectivity index (χ1) is 9.93. The predicted molar refractivity (Wildman–Crippen MR) is 61.1 cm³/mol. The number of aliphatic carboxylic acids is 1. The zero-order chi connectivity index (χ0) is 17.6. The number of amides is 1. The van der Waals surface area contributed by atoms with Crippen LogP contribution in [0.2, 0.25) is 0 Å².